The van der Waals surface area contributed by atoms with Gasteiger partial charge in [-0.2, -0.15) is 0 Å². The molecular weight excluding hydrogens is 815 g/mol. The molecule has 0 aromatic carbocycles. The van der Waals surface area contributed by atoms with Gasteiger partial charge < -0.3 is 24.3 Å². The molecule has 2 saturated carbocycles. The van der Waals surface area contributed by atoms with Crippen molar-refractivity contribution in [1.29, 1.82) is 0 Å². The Morgan fingerprint density at radius 3 is 0.938 bits per heavy atom. The van der Waals surface area contributed by atoms with Crippen LogP contribution in [-0.2, 0) is 38.1 Å². The van der Waals surface area contributed by atoms with E-state index in [0.29, 0.717) is 12.8 Å². The van der Waals surface area contributed by atoms with Gasteiger partial charge in [0.05, 0.1) is 11.8 Å². The maximum Gasteiger partial charge on any atom is 0.309 e. The fourth-order valence-corrected chi connectivity index (χ4v) is 9.80. The molecule has 2 rings (SSSR count). The Balaban J connectivity index is 1.47. The van der Waals surface area contributed by atoms with Gasteiger partial charge in [0.15, 0.2) is 0 Å². The SMILES string of the molecule is CCCCCCCCC(CCCCCC)C(=O)OC1CCC(OC(=O)CCCCCNCCCCCC(=O)OC2CCC(OC(=O)C(CCCCCC)CCCCCCCC)CC2)CC1. The minimum absolute atomic E-state index is 0.00343. The Bertz CT molecular complexity index is 1070. The number of ether oxygens (including phenoxy) is 4. The van der Waals surface area contributed by atoms with E-state index >= 15 is 0 Å². The third kappa shape index (κ3) is 31.5. The molecule has 0 bridgehead atoms. The van der Waals surface area contributed by atoms with E-state index in [0.717, 1.165) is 154 Å². The second-order valence-electron chi connectivity index (χ2n) is 20.2. The molecular formula is C56H103NO8. The van der Waals surface area contributed by atoms with Crippen LogP contribution in [0.15, 0.2) is 0 Å². The van der Waals surface area contributed by atoms with E-state index in [1.54, 1.807) is 0 Å². The van der Waals surface area contributed by atoms with E-state index in [1.807, 2.05) is 0 Å². The summed E-state index contributed by atoms with van der Waals surface area (Å²) in [4.78, 5) is 51.6. The molecule has 2 fully saturated rings. The summed E-state index contributed by atoms with van der Waals surface area (Å²) < 4.78 is 23.8. The summed E-state index contributed by atoms with van der Waals surface area (Å²) in [5, 5.41) is 3.51. The highest BCUT2D eigenvalue weighted by atomic mass is 16.6. The largest absolute Gasteiger partial charge is 0.462 e. The molecule has 1 N–H and O–H groups in total. The van der Waals surface area contributed by atoms with Crippen LogP contribution in [0.4, 0.5) is 0 Å². The van der Waals surface area contributed by atoms with Gasteiger partial charge in [0, 0.05) is 12.8 Å². The van der Waals surface area contributed by atoms with Crippen LogP contribution in [0.2, 0.25) is 0 Å². The molecule has 0 aromatic rings. The van der Waals surface area contributed by atoms with Gasteiger partial charge in [-0.15, -0.1) is 0 Å². The fraction of sp³-hybridized carbons (Fsp3) is 0.929. The van der Waals surface area contributed by atoms with Crippen LogP contribution in [0.1, 0.15) is 285 Å². The molecule has 65 heavy (non-hydrogen) atoms. The third-order valence-electron chi connectivity index (χ3n) is 14.2. The third-order valence-corrected chi connectivity index (χ3v) is 14.2. The lowest BCUT2D eigenvalue weighted by Gasteiger charge is -2.29. The van der Waals surface area contributed by atoms with Gasteiger partial charge in [0.1, 0.15) is 24.4 Å². The van der Waals surface area contributed by atoms with Crippen LogP contribution in [0, 0.1) is 11.8 Å². The van der Waals surface area contributed by atoms with Crippen LogP contribution in [-0.4, -0.2) is 61.4 Å². The molecule has 380 valence electrons. The van der Waals surface area contributed by atoms with Crippen molar-refractivity contribution in [3.8, 4) is 0 Å². The number of rotatable bonds is 42. The highest BCUT2D eigenvalue weighted by molar-refractivity contribution is 5.73. The highest BCUT2D eigenvalue weighted by Gasteiger charge is 2.30. The van der Waals surface area contributed by atoms with Gasteiger partial charge in [-0.1, -0.05) is 169 Å². The van der Waals surface area contributed by atoms with Crippen molar-refractivity contribution >= 4 is 23.9 Å². The summed E-state index contributed by atoms with van der Waals surface area (Å²) in [5.74, 6) is -0.151. The lowest BCUT2D eigenvalue weighted by molar-refractivity contribution is -0.161. The Morgan fingerprint density at radius 2 is 0.615 bits per heavy atom. The normalized spacial score (nSPS) is 19.6. The zero-order valence-electron chi connectivity index (χ0n) is 42.9. The smallest absolute Gasteiger partial charge is 0.309 e. The molecule has 9 heteroatoms. The summed E-state index contributed by atoms with van der Waals surface area (Å²) in [6.07, 6.45) is 40.7. The van der Waals surface area contributed by atoms with Gasteiger partial charge in [-0.3, -0.25) is 19.2 Å². The van der Waals surface area contributed by atoms with Crippen molar-refractivity contribution in [3.63, 3.8) is 0 Å². The molecule has 0 aliphatic heterocycles. The summed E-state index contributed by atoms with van der Waals surface area (Å²) >= 11 is 0. The number of hydrogen-bond acceptors (Lipinski definition) is 9. The summed E-state index contributed by atoms with van der Waals surface area (Å²) in [7, 11) is 0. The predicted molar refractivity (Wildman–Crippen MR) is 267 cm³/mol. The average molecular weight is 918 g/mol. The van der Waals surface area contributed by atoms with Crippen molar-refractivity contribution in [2.45, 2.75) is 309 Å². The first-order valence-electron chi connectivity index (χ1n) is 28.3. The first kappa shape index (κ1) is 59.0. The first-order chi connectivity index (χ1) is 31.8. The van der Waals surface area contributed by atoms with Crippen molar-refractivity contribution in [2.24, 2.45) is 11.8 Å². The van der Waals surface area contributed by atoms with Crippen molar-refractivity contribution in [1.82, 2.24) is 5.32 Å². The summed E-state index contributed by atoms with van der Waals surface area (Å²) in [5.41, 5.74) is 0. The molecule has 2 unspecified atom stereocenters. The zero-order valence-corrected chi connectivity index (χ0v) is 42.9. The lowest BCUT2D eigenvalue weighted by atomic mass is 9.93. The maximum absolute atomic E-state index is 13.2. The number of carbonyl (C=O) groups is 4. The minimum atomic E-state index is -0.105. The van der Waals surface area contributed by atoms with Gasteiger partial charge in [0.25, 0.3) is 0 Å². The van der Waals surface area contributed by atoms with Crippen LogP contribution in [0.25, 0.3) is 0 Å². The second kappa shape index (κ2) is 40.9. The van der Waals surface area contributed by atoms with E-state index in [4.69, 9.17) is 18.9 Å². The summed E-state index contributed by atoms with van der Waals surface area (Å²) in [6.45, 7) is 10.8. The fourth-order valence-electron chi connectivity index (χ4n) is 9.80. The Morgan fingerprint density at radius 1 is 0.354 bits per heavy atom. The van der Waals surface area contributed by atoms with Crippen LogP contribution >= 0.6 is 0 Å². The van der Waals surface area contributed by atoms with Gasteiger partial charge >= 0.3 is 23.9 Å². The molecule has 0 heterocycles. The molecule has 0 aromatic heterocycles. The predicted octanol–water partition coefficient (Wildman–Crippen LogP) is 15.2. The molecule has 0 spiro atoms. The molecule has 9 nitrogen and oxygen atoms in total. The average Bonchev–Trinajstić information content (AvgIpc) is 3.30. The number of carbonyl (C=O) groups excluding carboxylic acids is 4. The topological polar surface area (TPSA) is 117 Å². The van der Waals surface area contributed by atoms with Crippen molar-refractivity contribution in [2.75, 3.05) is 13.1 Å². The monoisotopic (exact) mass is 918 g/mol. The second-order valence-corrected chi connectivity index (χ2v) is 20.2. The molecule has 2 aliphatic rings. The molecule has 0 radical (unpaired) electrons. The zero-order chi connectivity index (χ0) is 47.0. The van der Waals surface area contributed by atoms with E-state index in [-0.39, 0.29) is 60.1 Å². The highest BCUT2D eigenvalue weighted by Crippen LogP contribution is 2.29. The van der Waals surface area contributed by atoms with Crippen molar-refractivity contribution in [3.05, 3.63) is 0 Å². The van der Waals surface area contributed by atoms with Crippen LogP contribution in [0.3, 0.4) is 0 Å². The van der Waals surface area contributed by atoms with Gasteiger partial charge in [-0.05, 0) is 116 Å². The molecule has 0 amide bonds. The maximum atomic E-state index is 13.2. The van der Waals surface area contributed by atoms with E-state index in [1.165, 1.54) is 103 Å². The van der Waals surface area contributed by atoms with E-state index < -0.39 is 0 Å². The number of hydrogen-bond donors (Lipinski definition) is 1. The van der Waals surface area contributed by atoms with Gasteiger partial charge in [-0.25, -0.2) is 0 Å². The number of nitrogens with one attached hydrogen (secondary N) is 1. The Labute approximate surface area is 399 Å². The van der Waals surface area contributed by atoms with E-state index in [2.05, 4.69) is 33.0 Å². The van der Waals surface area contributed by atoms with Crippen molar-refractivity contribution < 1.29 is 38.1 Å². The summed E-state index contributed by atoms with van der Waals surface area (Å²) in [6, 6.07) is 0. The quantitative estimate of drug-likeness (QED) is 0.0363. The standard InChI is InChI=1S/C56H103NO8/c1-5-9-13-17-19-25-33-47(31-23-15-11-7-3)55(60)64-51-41-37-49(38-42-51)62-53(58)35-27-21-29-45-57-46-30-22-28-36-54(59)63-50-39-43-52(44-40-50)65-56(61)48(32-24-16-12-8-4)34-26-20-18-14-10-6-2/h47-52,57H,5-46H2,1-4H3. The van der Waals surface area contributed by atoms with Crippen LogP contribution in [0.5, 0.6) is 0 Å². The number of unbranched alkanes of at least 4 members (excludes halogenated alkanes) is 20. The number of esters is 4. The molecule has 0 saturated heterocycles. The minimum Gasteiger partial charge on any atom is -0.462 e. The Hall–Kier alpha value is -2.16. The molecule has 2 aliphatic carbocycles. The van der Waals surface area contributed by atoms with Gasteiger partial charge in [0.2, 0.25) is 0 Å². The van der Waals surface area contributed by atoms with Crippen LogP contribution < -0.4 is 5.32 Å². The van der Waals surface area contributed by atoms with E-state index in [9.17, 15) is 19.2 Å². The Kier molecular flexibility index (Phi) is 37.1. The molecule has 2 atom stereocenters. The lowest BCUT2D eigenvalue weighted by Crippen LogP contribution is -2.31. The first-order valence-corrected chi connectivity index (χ1v) is 28.3.